The van der Waals surface area contributed by atoms with E-state index in [9.17, 15) is 9.59 Å². The molecule has 1 aliphatic rings. The molecule has 1 aliphatic heterocycles. The molecule has 3 aromatic carbocycles. The van der Waals surface area contributed by atoms with E-state index >= 15 is 0 Å². The Morgan fingerprint density at radius 2 is 1.94 bits per heavy atom. The number of halogens is 1. The zero-order valence-electron chi connectivity index (χ0n) is 19.5. The lowest BCUT2D eigenvalue weighted by atomic mass is 10.1. The molecule has 0 saturated carbocycles. The van der Waals surface area contributed by atoms with E-state index in [2.05, 4.69) is 33.5 Å². The summed E-state index contributed by atoms with van der Waals surface area (Å²) in [6.45, 7) is 4.65. The van der Waals surface area contributed by atoms with Crippen LogP contribution >= 0.6 is 15.9 Å². The second-order valence-corrected chi connectivity index (χ2v) is 9.49. The number of allylic oxidation sites excluding steroid dienone is 1. The first-order valence-electron chi connectivity index (χ1n) is 11.5. The summed E-state index contributed by atoms with van der Waals surface area (Å²) in [7, 11) is 0. The van der Waals surface area contributed by atoms with Gasteiger partial charge in [0.2, 0.25) is 11.5 Å². The van der Waals surface area contributed by atoms with Gasteiger partial charge in [-0.25, -0.2) is 4.79 Å². The number of aromatic nitrogens is 1. The average molecular weight is 542 g/mol. The van der Waals surface area contributed by atoms with Crippen LogP contribution in [0.25, 0.3) is 27.9 Å². The predicted octanol–water partition coefficient (Wildman–Crippen LogP) is 7.31. The summed E-state index contributed by atoms with van der Waals surface area (Å²) in [4.78, 5) is 25.9. The molecule has 0 fully saturated rings. The molecule has 5 aromatic rings. The van der Waals surface area contributed by atoms with Crippen LogP contribution in [0, 0.1) is 6.92 Å². The Labute approximate surface area is 214 Å². The molecule has 0 spiro atoms. The molecular formula is C29H20BrNO5. The van der Waals surface area contributed by atoms with E-state index in [0.717, 1.165) is 32.9 Å². The highest BCUT2D eigenvalue weighted by molar-refractivity contribution is 9.10. The van der Waals surface area contributed by atoms with Crippen molar-refractivity contribution in [2.24, 2.45) is 0 Å². The van der Waals surface area contributed by atoms with E-state index in [1.54, 1.807) is 37.3 Å². The minimum absolute atomic E-state index is 0.0906. The average Bonchev–Trinajstić information content (AvgIpc) is 3.55. The first kappa shape index (κ1) is 22.4. The van der Waals surface area contributed by atoms with Crippen LogP contribution in [-0.4, -0.2) is 16.3 Å². The Bertz CT molecular complexity index is 1740. The van der Waals surface area contributed by atoms with Gasteiger partial charge >= 0.3 is 5.97 Å². The van der Waals surface area contributed by atoms with Gasteiger partial charge in [-0.1, -0.05) is 34.1 Å². The normalized spacial score (nSPS) is 14.0. The summed E-state index contributed by atoms with van der Waals surface area (Å²) in [6.07, 6.45) is 3.79. The van der Waals surface area contributed by atoms with Crippen LogP contribution < -0.4 is 9.47 Å². The smallest absolute Gasteiger partial charge is 0.379 e. The summed E-state index contributed by atoms with van der Waals surface area (Å²) in [6, 6.07) is 18.4. The SMILES string of the molecule is CCn1cc(/C=C2\Oc3c(ccc(OC(=O)c4cc5cc(Br)ccc5o4)c3C)C2=O)c2ccccc21. The van der Waals surface area contributed by atoms with Crippen LogP contribution in [0.2, 0.25) is 0 Å². The van der Waals surface area contributed by atoms with Crippen molar-refractivity contribution < 1.29 is 23.5 Å². The summed E-state index contributed by atoms with van der Waals surface area (Å²) >= 11 is 3.41. The number of rotatable bonds is 4. The van der Waals surface area contributed by atoms with E-state index in [0.29, 0.717) is 28.2 Å². The fourth-order valence-corrected chi connectivity index (χ4v) is 4.92. The number of hydrogen-bond donors (Lipinski definition) is 0. The molecule has 0 radical (unpaired) electrons. The number of fused-ring (bicyclic) bond motifs is 3. The van der Waals surface area contributed by atoms with Gasteiger partial charge in [0.1, 0.15) is 17.1 Å². The molecule has 3 heterocycles. The van der Waals surface area contributed by atoms with Crippen LogP contribution in [0.3, 0.4) is 0 Å². The summed E-state index contributed by atoms with van der Waals surface area (Å²) in [5, 5.41) is 1.83. The molecule has 0 amide bonds. The Kier molecular flexibility index (Phi) is 5.30. The highest BCUT2D eigenvalue weighted by Gasteiger charge is 2.31. The highest BCUT2D eigenvalue weighted by Crippen LogP contribution is 2.40. The molecule has 6 rings (SSSR count). The lowest BCUT2D eigenvalue weighted by Crippen LogP contribution is -2.08. The van der Waals surface area contributed by atoms with Crippen LogP contribution in [0.5, 0.6) is 11.5 Å². The fraction of sp³-hybridized carbons (Fsp3) is 0.103. The molecule has 0 atom stereocenters. The number of carbonyl (C=O) groups is 2. The van der Waals surface area contributed by atoms with Crippen molar-refractivity contribution in [2.75, 3.05) is 0 Å². The van der Waals surface area contributed by atoms with Crippen molar-refractivity contribution in [1.82, 2.24) is 4.57 Å². The third-order valence-electron chi connectivity index (χ3n) is 6.37. The zero-order valence-corrected chi connectivity index (χ0v) is 21.1. The van der Waals surface area contributed by atoms with Gasteiger partial charge in [-0.3, -0.25) is 4.79 Å². The second kappa shape index (κ2) is 8.53. The third kappa shape index (κ3) is 3.63. The molecule has 7 heteroatoms. The fourth-order valence-electron chi connectivity index (χ4n) is 4.54. The first-order valence-corrected chi connectivity index (χ1v) is 12.3. The van der Waals surface area contributed by atoms with Crippen LogP contribution in [0.15, 0.2) is 81.5 Å². The molecule has 178 valence electrons. The summed E-state index contributed by atoms with van der Waals surface area (Å²) in [5.41, 5.74) is 3.59. The number of furan rings is 1. The molecular weight excluding hydrogens is 522 g/mol. The number of ketones is 1. The van der Waals surface area contributed by atoms with Gasteiger partial charge in [0.25, 0.3) is 0 Å². The Morgan fingerprint density at radius 3 is 2.78 bits per heavy atom. The number of aryl methyl sites for hydroxylation is 1. The highest BCUT2D eigenvalue weighted by atomic mass is 79.9. The Balaban J connectivity index is 1.30. The topological polar surface area (TPSA) is 70.7 Å². The van der Waals surface area contributed by atoms with Crippen molar-refractivity contribution in [1.29, 1.82) is 0 Å². The number of nitrogens with zero attached hydrogens (tertiary/aromatic N) is 1. The molecule has 2 aromatic heterocycles. The standard InChI is InChI=1S/C29H20BrNO5/c1-3-31-15-18(20-6-4-5-7-22(20)31)14-25-27(32)21-9-11-23(16(2)28(21)35-25)36-29(33)26-13-17-12-19(30)8-10-24(17)34-26/h4-15H,3H2,1-2H3/b25-14-. The number of ether oxygens (including phenoxy) is 2. The maximum Gasteiger partial charge on any atom is 0.379 e. The lowest BCUT2D eigenvalue weighted by Gasteiger charge is -2.09. The molecule has 0 saturated heterocycles. The monoisotopic (exact) mass is 541 g/mol. The van der Waals surface area contributed by atoms with Crippen LogP contribution in [-0.2, 0) is 6.54 Å². The lowest BCUT2D eigenvalue weighted by molar-refractivity contribution is 0.0702. The predicted molar refractivity (Wildman–Crippen MR) is 141 cm³/mol. The first-order chi connectivity index (χ1) is 17.4. The van der Waals surface area contributed by atoms with Gasteiger partial charge in [0, 0.05) is 44.6 Å². The number of Topliss-reactive ketones (excluding diaryl/α,β-unsaturated/α-hetero) is 1. The number of carbonyl (C=O) groups excluding carboxylic acids is 2. The van der Waals surface area contributed by atoms with Crippen molar-refractivity contribution in [3.8, 4) is 11.5 Å². The Hall–Kier alpha value is -4.10. The van der Waals surface area contributed by atoms with E-state index in [1.807, 2.05) is 36.5 Å². The van der Waals surface area contributed by atoms with Gasteiger partial charge in [0.05, 0.1) is 5.56 Å². The van der Waals surface area contributed by atoms with Crippen LogP contribution in [0.1, 0.15) is 39.0 Å². The third-order valence-corrected chi connectivity index (χ3v) is 6.86. The van der Waals surface area contributed by atoms with E-state index < -0.39 is 5.97 Å². The minimum Gasteiger partial charge on any atom is -0.452 e. The zero-order chi connectivity index (χ0) is 25.0. The van der Waals surface area contributed by atoms with Crippen molar-refractivity contribution in [3.63, 3.8) is 0 Å². The number of hydrogen-bond acceptors (Lipinski definition) is 5. The van der Waals surface area contributed by atoms with E-state index in [1.165, 1.54) is 0 Å². The van der Waals surface area contributed by atoms with Crippen molar-refractivity contribution in [2.45, 2.75) is 20.4 Å². The van der Waals surface area contributed by atoms with Gasteiger partial charge in [-0.2, -0.15) is 0 Å². The maximum absolute atomic E-state index is 13.1. The molecule has 0 bridgehead atoms. The van der Waals surface area contributed by atoms with E-state index in [-0.39, 0.29) is 17.3 Å². The van der Waals surface area contributed by atoms with Gasteiger partial charge in [0.15, 0.2) is 5.76 Å². The maximum atomic E-state index is 13.1. The molecule has 0 unspecified atom stereocenters. The van der Waals surface area contributed by atoms with Gasteiger partial charge < -0.3 is 18.5 Å². The van der Waals surface area contributed by atoms with Gasteiger partial charge in [-0.05, 0) is 62.4 Å². The second-order valence-electron chi connectivity index (χ2n) is 8.58. The quantitative estimate of drug-likeness (QED) is 0.135. The van der Waals surface area contributed by atoms with Crippen molar-refractivity contribution in [3.05, 3.63) is 99.5 Å². The van der Waals surface area contributed by atoms with Crippen molar-refractivity contribution >= 4 is 55.6 Å². The summed E-state index contributed by atoms with van der Waals surface area (Å²) in [5.74, 6) is 0.188. The molecule has 0 N–H and O–H groups in total. The molecule has 6 nitrogen and oxygen atoms in total. The minimum atomic E-state index is -0.627. The molecule has 0 aliphatic carbocycles. The number of para-hydroxylation sites is 1. The molecule has 36 heavy (non-hydrogen) atoms. The Morgan fingerprint density at radius 1 is 1.11 bits per heavy atom. The van der Waals surface area contributed by atoms with Gasteiger partial charge in [-0.15, -0.1) is 0 Å². The summed E-state index contributed by atoms with van der Waals surface area (Å²) < 4.78 is 20.3. The van der Waals surface area contributed by atoms with E-state index in [4.69, 9.17) is 13.9 Å². The largest absolute Gasteiger partial charge is 0.452 e. The number of esters is 1. The number of benzene rings is 3. The van der Waals surface area contributed by atoms with Crippen LogP contribution in [0.4, 0.5) is 0 Å².